The largest absolute Gasteiger partial charge is 0.497 e. The van der Waals surface area contributed by atoms with Gasteiger partial charge in [0.2, 0.25) is 0 Å². The standard InChI is InChI=1S/C59H55N5O4/c1-65-41-12-5-37(6-13-41)54-45-19-21-47(61-45)55(38-7-14-42(66-2)15-8-38)49-23-25-51(63-49)57(52-26-24-50(64-52)56(48-22-20-46(54)62-48)39-9-16-43(67-3)17-10-39)40-11-18-44(53(28-40)68-4)59-31-35-27-36(32-59)30-58(29-35,33-59)34-60/h5-26,28,35-36,63-64H,27,29-34,60H2,1-4H3. The fourth-order valence-corrected chi connectivity index (χ4v) is 13.0. The molecule has 6 aliphatic rings. The van der Waals surface area contributed by atoms with Gasteiger partial charge < -0.3 is 34.6 Å². The van der Waals surface area contributed by atoms with E-state index in [4.69, 9.17) is 34.6 Å². The van der Waals surface area contributed by atoms with E-state index < -0.39 is 0 Å². The normalized spacial score (nSPS) is 21.0. The number of hydrogen-bond donors (Lipinski definition) is 3. The second-order valence-corrected chi connectivity index (χ2v) is 19.5. The van der Waals surface area contributed by atoms with Crippen molar-refractivity contribution >= 4 is 46.4 Å². The third-order valence-electron chi connectivity index (χ3n) is 15.6. The van der Waals surface area contributed by atoms with Crippen molar-refractivity contribution < 1.29 is 18.9 Å². The minimum Gasteiger partial charge on any atom is -0.497 e. The smallest absolute Gasteiger partial charge is 0.123 e. The summed E-state index contributed by atoms with van der Waals surface area (Å²) in [6.07, 6.45) is 15.8. The van der Waals surface area contributed by atoms with Gasteiger partial charge >= 0.3 is 0 Å². The highest BCUT2D eigenvalue weighted by Crippen LogP contribution is 2.66. The second-order valence-electron chi connectivity index (χ2n) is 19.5. The number of aromatic nitrogens is 4. The first kappa shape index (κ1) is 42.0. The third kappa shape index (κ3) is 7.02. The van der Waals surface area contributed by atoms with E-state index in [0.29, 0.717) is 0 Å². The van der Waals surface area contributed by atoms with Crippen molar-refractivity contribution in [3.8, 4) is 67.5 Å². The van der Waals surface area contributed by atoms with Gasteiger partial charge in [0.1, 0.15) is 23.0 Å². The van der Waals surface area contributed by atoms with Crippen LogP contribution in [0.2, 0.25) is 0 Å². The number of nitrogens with two attached hydrogens (primary N) is 1. The van der Waals surface area contributed by atoms with Crippen LogP contribution in [0.4, 0.5) is 0 Å². The quantitative estimate of drug-likeness (QED) is 0.125. The molecule has 12 bridgehead atoms. The molecule has 4 N–H and O–H groups in total. The lowest BCUT2D eigenvalue weighted by molar-refractivity contribution is -0.0673. The maximum Gasteiger partial charge on any atom is 0.123 e. The monoisotopic (exact) mass is 897 g/mol. The zero-order valence-corrected chi connectivity index (χ0v) is 39.0. The van der Waals surface area contributed by atoms with Crippen LogP contribution in [0.1, 0.15) is 66.9 Å². The van der Waals surface area contributed by atoms with E-state index in [2.05, 4.69) is 113 Å². The molecule has 68 heavy (non-hydrogen) atoms. The summed E-state index contributed by atoms with van der Waals surface area (Å²) in [5.74, 6) is 4.73. The van der Waals surface area contributed by atoms with Crippen LogP contribution in [0, 0.1) is 17.3 Å². The zero-order chi connectivity index (χ0) is 46.1. The van der Waals surface area contributed by atoms with Crippen LogP contribution in [-0.4, -0.2) is 54.9 Å². The van der Waals surface area contributed by atoms with Crippen molar-refractivity contribution in [1.82, 2.24) is 19.9 Å². The van der Waals surface area contributed by atoms with E-state index in [1.54, 1.807) is 21.3 Å². The second kappa shape index (κ2) is 16.5. The number of nitrogens with one attached hydrogen (secondary N) is 2. The number of nitrogens with zero attached hydrogens (tertiary/aromatic N) is 2. The summed E-state index contributed by atoms with van der Waals surface area (Å²) >= 11 is 0. The first-order valence-corrected chi connectivity index (χ1v) is 23.8. The van der Waals surface area contributed by atoms with E-state index in [1.807, 2.05) is 43.5 Å². The Morgan fingerprint density at radius 2 is 0.897 bits per heavy atom. The molecule has 4 aliphatic carbocycles. The fraction of sp³-hybridized carbons (Fsp3) is 0.254. The minimum atomic E-state index is 0.0730. The van der Waals surface area contributed by atoms with Crippen molar-refractivity contribution in [1.29, 1.82) is 0 Å². The lowest BCUT2D eigenvalue weighted by atomic mass is 9.43. The molecular weight excluding hydrogens is 843 g/mol. The Morgan fingerprint density at radius 1 is 0.485 bits per heavy atom. The number of fused-ring (bicyclic) bond motifs is 8. The zero-order valence-electron chi connectivity index (χ0n) is 39.0. The number of H-pyrrole nitrogens is 2. The van der Waals surface area contributed by atoms with Crippen LogP contribution in [0.3, 0.4) is 0 Å². The Labute approximate surface area is 396 Å². The summed E-state index contributed by atoms with van der Waals surface area (Å²) < 4.78 is 23.3. The maximum atomic E-state index is 6.62. The summed E-state index contributed by atoms with van der Waals surface area (Å²) in [5.41, 5.74) is 23.2. The number of hydrogen-bond acceptors (Lipinski definition) is 7. The molecule has 13 rings (SSSR count). The SMILES string of the molecule is COc1ccc(-c2c3nc(c(-c4ccc(OC)cc4)c4ccc([nH]4)c(-c4ccc(C56CC7CC(CC(CN)(C7)C5)C6)c(OC)c4)c4ccc([nH]4)c(-c4ccc(OC)cc4)c4nc2C=C4)C=C3)cc1. The molecule has 9 heteroatoms. The molecule has 9 nitrogen and oxygen atoms in total. The molecule has 0 amide bonds. The van der Waals surface area contributed by atoms with Gasteiger partial charge in [-0.25, -0.2) is 9.97 Å². The van der Waals surface area contributed by atoms with E-state index in [1.165, 1.54) is 37.7 Å². The van der Waals surface area contributed by atoms with Crippen molar-refractivity contribution in [2.75, 3.05) is 35.0 Å². The lowest BCUT2D eigenvalue weighted by Gasteiger charge is -2.62. The van der Waals surface area contributed by atoms with Gasteiger partial charge in [-0.2, -0.15) is 0 Å². The lowest BCUT2D eigenvalue weighted by Crippen LogP contribution is -2.56. The molecule has 4 saturated carbocycles. The average Bonchev–Trinajstić information content (AvgIpc) is 4.23. The van der Waals surface area contributed by atoms with Crippen molar-refractivity contribution in [2.45, 2.75) is 43.9 Å². The van der Waals surface area contributed by atoms with Gasteiger partial charge in [-0.3, -0.25) is 0 Å². The first-order valence-electron chi connectivity index (χ1n) is 23.8. The molecule has 5 heterocycles. The van der Waals surface area contributed by atoms with Gasteiger partial charge in [0.15, 0.2) is 0 Å². The molecule has 2 aliphatic heterocycles. The fourth-order valence-electron chi connectivity index (χ4n) is 13.0. The molecule has 2 unspecified atom stereocenters. The number of rotatable bonds is 10. The van der Waals surface area contributed by atoms with E-state index in [9.17, 15) is 0 Å². The van der Waals surface area contributed by atoms with Crippen molar-refractivity contribution in [3.63, 3.8) is 0 Å². The molecule has 7 aromatic rings. The van der Waals surface area contributed by atoms with Crippen LogP contribution in [0.5, 0.6) is 23.0 Å². The van der Waals surface area contributed by atoms with Crippen molar-refractivity contribution in [3.05, 3.63) is 144 Å². The Kier molecular flexibility index (Phi) is 10.2. The van der Waals surface area contributed by atoms with Gasteiger partial charge in [0.05, 0.1) is 51.2 Å². The molecule has 2 atom stereocenters. The summed E-state index contributed by atoms with van der Waals surface area (Å²) in [6.45, 7) is 0.765. The maximum absolute atomic E-state index is 6.62. The Balaban J connectivity index is 1.15. The Bertz CT molecular complexity index is 3180. The van der Waals surface area contributed by atoms with Crippen LogP contribution < -0.4 is 24.7 Å². The molecule has 0 radical (unpaired) electrons. The predicted molar refractivity (Wildman–Crippen MR) is 275 cm³/mol. The summed E-state index contributed by atoms with van der Waals surface area (Å²) in [6, 6.07) is 40.2. The molecular formula is C59H55N5O4. The van der Waals surface area contributed by atoms with Crippen LogP contribution in [0.15, 0.2) is 115 Å². The van der Waals surface area contributed by atoms with E-state index in [-0.39, 0.29) is 10.8 Å². The summed E-state index contributed by atoms with van der Waals surface area (Å²) in [4.78, 5) is 18.8. The van der Waals surface area contributed by atoms with E-state index in [0.717, 1.165) is 137 Å². The van der Waals surface area contributed by atoms with Gasteiger partial charge in [-0.1, -0.05) is 48.5 Å². The Morgan fingerprint density at radius 3 is 1.32 bits per heavy atom. The summed E-state index contributed by atoms with van der Waals surface area (Å²) in [7, 11) is 6.90. The predicted octanol–water partition coefficient (Wildman–Crippen LogP) is 13.2. The topological polar surface area (TPSA) is 120 Å². The van der Waals surface area contributed by atoms with Gasteiger partial charge in [-0.05, 0) is 176 Å². The number of methoxy groups -OCH3 is 4. The Hall–Kier alpha value is -7.36. The van der Waals surface area contributed by atoms with Gasteiger partial charge in [0, 0.05) is 55.3 Å². The third-order valence-corrected chi connectivity index (χ3v) is 15.6. The van der Waals surface area contributed by atoms with Crippen LogP contribution >= 0.6 is 0 Å². The molecule has 4 fully saturated rings. The highest BCUT2D eigenvalue weighted by molar-refractivity contribution is 6.00. The van der Waals surface area contributed by atoms with Gasteiger partial charge in [-0.15, -0.1) is 0 Å². The average molecular weight is 898 g/mol. The molecule has 4 aromatic carbocycles. The molecule has 0 saturated heterocycles. The van der Waals surface area contributed by atoms with Crippen molar-refractivity contribution in [2.24, 2.45) is 23.0 Å². The molecule has 3 aromatic heterocycles. The minimum absolute atomic E-state index is 0.0730. The first-order chi connectivity index (χ1) is 33.3. The van der Waals surface area contributed by atoms with Crippen LogP contribution in [-0.2, 0) is 5.41 Å². The van der Waals surface area contributed by atoms with E-state index >= 15 is 0 Å². The number of benzene rings is 4. The summed E-state index contributed by atoms with van der Waals surface area (Å²) in [5, 5.41) is 0. The molecule has 340 valence electrons. The number of aromatic amines is 2. The van der Waals surface area contributed by atoms with Gasteiger partial charge in [0.25, 0.3) is 0 Å². The molecule has 0 spiro atoms. The number of ether oxygens (including phenoxy) is 4. The van der Waals surface area contributed by atoms with Crippen LogP contribution in [0.25, 0.3) is 90.9 Å². The highest BCUT2D eigenvalue weighted by Gasteiger charge is 2.58. The highest BCUT2D eigenvalue weighted by atomic mass is 16.5.